The zero-order chi connectivity index (χ0) is 37.6. The van der Waals surface area contributed by atoms with Crippen molar-refractivity contribution in [3.8, 4) is 0 Å². The average Bonchev–Trinajstić information content (AvgIpc) is 2.75. The lowest BCUT2D eigenvalue weighted by atomic mass is 10.3. The molecule has 0 aromatic carbocycles. The van der Waals surface area contributed by atoms with Gasteiger partial charge >= 0.3 is 84.7 Å². The Bertz CT molecular complexity index is 965. The summed E-state index contributed by atoms with van der Waals surface area (Å²) in [6, 6.07) is 0. The fraction of sp³-hybridized carbons (Fsp3) is 0.571. The van der Waals surface area contributed by atoms with Crippen LogP contribution in [0.5, 0.6) is 0 Å². The molecule has 0 spiro atoms. The average molecular weight is 730 g/mol. The molecule has 0 amide bonds. The van der Waals surface area contributed by atoms with Crippen molar-refractivity contribution in [2.45, 2.75) is 48.9 Å². The molecule has 0 heterocycles. The molecule has 264 valence electrons. The van der Waals surface area contributed by atoms with Crippen molar-refractivity contribution in [1.82, 2.24) is 0 Å². The lowest BCUT2D eigenvalue weighted by Crippen LogP contribution is -2.51. The van der Waals surface area contributed by atoms with Gasteiger partial charge in [0.1, 0.15) is 0 Å². The highest BCUT2D eigenvalue weighted by Crippen LogP contribution is 2.39. The van der Waals surface area contributed by atoms with E-state index in [1.807, 2.05) is 0 Å². The first-order valence-electron chi connectivity index (χ1n) is 8.61. The minimum absolute atomic E-state index is 2.22. The van der Waals surface area contributed by atoms with Gasteiger partial charge in [-0.1, -0.05) is 0 Å². The molecule has 0 atom stereocenters. The summed E-state index contributed by atoms with van der Waals surface area (Å²) in [5.41, 5.74) is 0. The van der Waals surface area contributed by atoms with Gasteiger partial charge in [0.2, 0.25) is 0 Å². The van der Waals surface area contributed by atoms with E-state index in [1.165, 1.54) is 0 Å². The highest BCUT2D eigenvalue weighted by atomic mass is 19.4. The summed E-state index contributed by atoms with van der Waals surface area (Å²) in [6.07, 6.45) is -35.8. The Labute approximate surface area is 225 Å². The summed E-state index contributed by atoms with van der Waals surface area (Å²) in [5.74, 6) is -33.4. The van der Waals surface area contributed by atoms with E-state index in [-0.39, 0.29) is 0 Å². The van der Waals surface area contributed by atoms with Gasteiger partial charge in [-0.3, -0.25) is 0 Å². The number of hydrogen-bond donors (Lipinski definition) is 0. The maximum absolute atomic E-state index is 12.1. The van der Waals surface area contributed by atoms with Crippen LogP contribution in [0, 0.1) is 0 Å². The molecule has 45 heavy (non-hydrogen) atoms. The SMILES string of the molecule is O=C(OC(=O)C(F)(F)C(F)(F)F)C(F)(F)C(F)(F)F.O=C(OC(=O)C(F)(F)F)C(F)(F)F.O=C(OC(=O)C(F)(F)F)C(F)(F)F. The molecule has 0 radical (unpaired) electrons. The molecule has 0 saturated heterocycles. The molecule has 9 nitrogen and oxygen atoms in total. The van der Waals surface area contributed by atoms with Crippen LogP contribution in [0.2, 0.25) is 0 Å². The van der Waals surface area contributed by atoms with E-state index in [1.54, 1.807) is 0 Å². The molecule has 0 aromatic rings. The second-order valence-electron chi connectivity index (χ2n) is 6.17. The lowest BCUT2D eigenvalue weighted by Gasteiger charge is -2.20. The number of alkyl halides is 22. The molecule has 0 fully saturated rings. The van der Waals surface area contributed by atoms with Crippen LogP contribution in [0.15, 0.2) is 0 Å². The lowest BCUT2D eigenvalue weighted by molar-refractivity contribution is -0.292. The van der Waals surface area contributed by atoms with Gasteiger partial charge in [-0.15, -0.1) is 0 Å². The Morgan fingerprint density at radius 2 is 0.400 bits per heavy atom. The number of rotatable bonds is 2. The minimum Gasteiger partial charge on any atom is -0.384 e. The van der Waals surface area contributed by atoms with Crippen LogP contribution in [0.25, 0.3) is 0 Å². The van der Waals surface area contributed by atoms with Gasteiger partial charge in [0.05, 0.1) is 0 Å². The summed E-state index contributed by atoms with van der Waals surface area (Å²) in [6.45, 7) is 0. The number of carbonyl (C=O) groups is 6. The number of hydrogen-bond acceptors (Lipinski definition) is 9. The molecule has 0 aliphatic heterocycles. The minimum atomic E-state index is -6.63. The summed E-state index contributed by atoms with van der Waals surface area (Å²) in [7, 11) is 0. The first-order chi connectivity index (χ1) is 19.1. The molecule has 0 rings (SSSR count). The van der Waals surface area contributed by atoms with E-state index in [0.717, 1.165) is 0 Å². The third-order valence-electron chi connectivity index (χ3n) is 2.71. The van der Waals surface area contributed by atoms with Crippen LogP contribution < -0.4 is 0 Å². The van der Waals surface area contributed by atoms with Gasteiger partial charge in [0.15, 0.2) is 0 Å². The maximum Gasteiger partial charge on any atom is 0.491 e. The third-order valence-corrected chi connectivity index (χ3v) is 2.71. The number of carbonyl (C=O) groups excluding carboxylic acids is 6. The zero-order valence-corrected chi connectivity index (χ0v) is 19.0. The normalized spacial score (nSPS) is 13.2. The Hall–Kier alpha value is -4.12. The first kappa shape index (κ1) is 45.3. The summed E-state index contributed by atoms with van der Waals surface area (Å²) in [5, 5.41) is 0. The summed E-state index contributed by atoms with van der Waals surface area (Å²) < 4.78 is 259. The number of halogens is 22. The van der Waals surface area contributed by atoms with Crippen molar-refractivity contribution in [2.75, 3.05) is 0 Å². The molecule has 0 unspecified atom stereocenters. The third kappa shape index (κ3) is 14.9. The van der Waals surface area contributed by atoms with Crippen LogP contribution in [-0.4, -0.2) is 84.7 Å². The summed E-state index contributed by atoms with van der Waals surface area (Å²) >= 11 is 0. The molecule has 31 heteroatoms. The van der Waals surface area contributed by atoms with E-state index >= 15 is 0 Å². The largest absolute Gasteiger partial charge is 0.491 e. The zero-order valence-electron chi connectivity index (χ0n) is 19.0. The van der Waals surface area contributed by atoms with Crippen LogP contribution in [0.3, 0.4) is 0 Å². The maximum atomic E-state index is 12.1. The molecule has 0 saturated carbocycles. The smallest absolute Gasteiger partial charge is 0.384 e. The van der Waals surface area contributed by atoms with Crippen molar-refractivity contribution in [1.29, 1.82) is 0 Å². The monoisotopic (exact) mass is 730 g/mol. The van der Waals surface area contributed by atoms with Crippen molar-refractivity contribution in [3.05, 3.63) is 0 Å². The fourth-order valence-corrected chi connectivity index (χ4v) is 0.844. The number of ether oxygens (including phenoxy) is 3. The van der Waals surface area contributed by atoms with Gasteiger partial charge in [-0.2, -0.15) is 96.6 Å². The van der Waals surface area contributed by atoms with Gasteiger partial charge < -0.3 is 14.2 Å². The standard InChI is InChI=1S/C6F10O3.2C4F6O3/c7-3(8,5(11,12)13)1(17)19-2(18)4(9,10)6(14,15)16;2*5-3(6,7)1(11)13-2(12)4(8,9)10. The Balaban J connectivity index is -0.000000606. The first-order valence-corrected chi connectivity index (χ1v) is 8.61. The van der Waals surface area contributed by atoms with E-state index in [2.05, 4.69) is 14.2 Å². The van der Waals surface area contributed by atoms with E-state index in [9.17, 15) is 125 Å². The van der Waals surface area contributed by atoms with Crippen molar-refractivity contribution in [3.63, 3.8) is 0 Å². The molecule has 0 N–H and O–H groups in total. The van der Waals surface area contributed by atoms with Crippen molar-refractivity contribution < 1.29 is 140 Å². The second kappa shape index (κ2) is 14.3. The Morgan fingerprint density at radius 1 is 0.267 bits per heavy atom. The van der Waals surface area contributed by atoms with Crippen LogP contribution in [0.1, 0.15) is 0 Å². The van der Waals surface area contributed by atoms with Crippen LogP contribution >= 0.6 is 0 Å². The molecular weight excluding hydrogens is 730 g/mol. The number of esters is 6. The molecule has 0 aromatic heterocycles. The van der Waals surface area contributed by atoms with Crippen LogP contribution in [-0.2, 0) is 43.0 Å². The predicted octanol–water partition coefficient (Wildman–Crippen LogP) is 4.81. The van der Waals surface area contributed by atoms with E-state index in [4.69, 9.17) is 0 Å². The Kier molecular flexibility index (Phi) is 14.4. The molecule has 0 aliphatic carbocycles. The van der Waals surface area contributed by atoms with Crippen molar-refractivity contribution in [2.24, 2.45) is 0 Å². The van der Waals surface area contributed by atoms with Crippen LogP contribution in [0.4, 0.5) is 96.6 Å². The van der Waals surface area contributed by atoms with E-state index < -0.39 is 84.7 Å². The molecular formula is C14F22O9. The summed E-state index contributed by atoms with van der Waals surface area (Å²) in [4.78, 5) is 58.8. The predicted molar refractivity (Wildman–Crippen MR) is 79.5 cm³/mol. The van der Waals surface area contributed by atoms with Crippen molar-refractivity contribution >= 4 is 35.8 Å². The molecule has 0 bridgehead atoms. The van der Waals surface area contributed by atoms with E-state index in [0.29, 0.717) is 0 Å². The second-order valence-corrected chi connectivity index (χ2v) is 6.17. The van der Waals surface area contributed by atoms with Gasteiger partial charge in [-0.25, -0.2) is 28.8 Å². The highest BCUT2D eigenvalue weighted by molar-refractivity contribution is 5.93. The quantitative estimate of drug-likeness (QED) is 0.170. The van der Waals surface area contributed by atoms with Gasteiger partial charge in [0.25, 0.3) is 0 Å². The topological polar surface area (TPSA) is 130 Å². The highest BCUT2D eigenvalue weighted by Gasteiger charge is 2.69. The fourth-order valence-electron chi connectivity index (χ4n) is 0.844. The van der Waals surface area contributed by atoms with Gasteiger partial charge in [0, 0.05) is 0 Å². The molecule has 0 aliphatic rings. The van der Waals surface area contributed by atoms with Gasteiger partial charge in [-0.05, 0) is 0 Å². The Morgan fingerprint density at radius 3 is 0.511 bits per heavy atom.